The predicted molar refractivity (Wildman–Crippen MR) is 113 cm³/mol. The van der Waals surface area contributed by atoms with Crippen LogP contribution in [-0.2, 0) is 4.79 Å². The highest BCUT2D eigenvalue weighted by molar-refractivity contribution is 5.66. The third-order valence-corrected chi connectivity index (χ3v) is 6.66. The Labute approximate surface area is 170 Å². The van der Waals surface area contributed by atoms with Gasteiger partial charge in [0.15, 0.2) is 0 Å². The molecule has 5 atom stereocenters. The first-order valence-corrected chi connectivity index (χ1v) is 11.4. The number of carboxylic acids is 1. The molecule has 4 heteroatoms. The molecular weight excluding hydrogens is 352 g/mol. The van der Waals surface area contributed by atoms with E-state index in [2.05, 4.69) is 26.0 Å². The molecule has 0 bridgehead atoms. The van der Waals surface area contributed by atoms with Crippen molar-refractivity contribution >= 4 is 5.97 Å². The Morgan fingerprint density at radius 1 is 1.21 bits per heavy atom. The summed E-state index contributed by atoms with van der Waals surface area (Å²) in [6.07, 6.45) is 15.7. The van der Waals surface area contributed by atoms with E-state index in [4.69, 9.17) is 5.11 Å². The van der Waals surface area contributed by atoms with Crippen molar-refractivity contribution in [1.29, 1.82) is 0 Å². The summed E-state index contributed by atoms with van der Waals surface area (Å²) in [6.45, 7) is 4.40. The van der Waals surface area contributed by atoms with Gasteiger partial charge in [-0.05, 0) is 56.3 Å². The average molecular weight is 393 g/mol. The Kier molecular flexibility index (Phi) is 9.73. The van der Waals surface area contributed by atoms with Crippen molar-refractivity contribution in [2.24, 2.45) is 23.7 Å². The van der Waals surface area contributed by atoms with Gasteiger partial charge in [-0.25, -0.2) is 0 Å². The van der Waals surface area contributed by atoms with Crippen molar-refractivity contribution in [2.75, 3.05) is 0 Å². The van der Waals surface area contributed by atoms with Crippen LogP contribution in [0.4, 0.5) is 0 Å². The van der Waals surface area contributed by atoms with E-state index in [-0.39, 0.29) is 18.4 Å². The fourth-order valence-electron chi connectivity index (χ4n) is 5.37. The number of rotatable bonds is 12. The molecule has 0 aliphatic heterocycles. The van der Waals surface area contributed by atoms with Gasteiger partial charge in [-0.1, -0.05) is 63.3 Å². The lowest BCUT2D eigenvalue weighted by Gasteiger charge is -2.20. The molecule has 0 heterocycles. The number of hydrogen-bond donors (Lipinski definition) is 3. The number of hydrogen-bond acceptors (Lipinski definition) is 3. The average Bonchev–Trinajstić information content (AvgIpc) is 3.14. The van der Waals surface area contributed by atoms with Crippen LogP contribution in [0.15, 0.2) is 23.8 Å². The van der Waals surface area contributed by atoms with Crippen LogP contribution < -0.4 is 0 Å². The van der Waals surface area contributed by atoms with Gasteiger partial charge in [0.1, 0.15) is 0 Å². The standard InChI is InChI=1S/C24H40O4/c1-3-7-17(8-4-2)14-20(25)11-12-21-22-15-18(9-5-6-10-24(27)28)13-19(22)16-23(21)26/h9,11-12,17,19-23,25-26H,3-8,10,13-16H2,1-2H3,(H,27,28)/b12-11+,18-9+/t19-,20+,21-,22+,23-/m1/s1. The van der Waals surface area contributed by atoms with Crippen molar-refractivity contribution in [3.05, 3.63) is 23.8 Å². The van der Waals surface area contributed by atoms with Gasteiger partial charge >= 0.3 is 5.97 Å². The van der Waals surface area contributed by atoms with E-state index in [0.29, 0.717) is 24.2 Å². The number of carboxylic acid groups (broad SMARTS) is 1. The molecule has 0 spiro atoms. The second kappa shape index (κ2) is 11.8. The minimum atomic E-state index is -0.728. The summed E-state index contributed by atoms with van der Waals surface area (Å²) in [5.74, 6) is 0.989. The largest absolute Gasteiger partial charge is 0.481 e. The van der Waals surface area contributed by atoms with Crippen molar-refractivity contribution in [3.63, 3.8) is 0 Å². The summed E-state index contributed by atoms with van der Waals surface area (Å²) in [5, 5.41) is 29.7. The molecule has 28 heavy (non-hydrogen) atoms. The fourth-order valence-corrected chi connectivity index (χ4v) is 5.37. The number of allylic oxidation sites excluding steroid dienone is 2. The maximum atomic E-state index is 10.6. The van der Waals surface area contributed by atoms with Crippen molar-refractivity contribution < 1.29 is 20.1 Å². The minimum Gasteiger partial charge on any atom is -0.481 e. The second-order valence-corrected chi connectivity index (χ2v) is 8.99. The Hall–Kier alpha value is -1.13. The quantitative estimate of drug-likeness (QED) is 0.319. The summed E-state index contributed by atoms with van der Waals surface area (Å²) < 4.78 is 0. The summed E-state index contributed by atoms with van der Waals surface area (Å²) in [4.78, 5) is 10.6. The highest BCUT2D eigenvalue weighted by Gasteiger charge is 2.44. The lowest BCUT2D eigenvalue weighted by atomic mass is 9.88. The molecule has 4 nitrogen and oxygen atoms in total. The molecule has 0 aromatic carbocycles. The lowest BCUT2D eigenvalue weighted by molar-refractivity contribution is -0.137. The highest BCUT2D eigenvalue weighted by Crippen LogP contribution is 2.50. The molecule has 2 fully saturated rings. The normalized spacial score (nSPS) is 29.8. The molecule has 2 rings (SSSR count). The third kappa shape index (κ3) is 7.04. The number of aliphatic hydroxyl groups is 2. The first kappa shape index (κ1) is 23.2. The topological polar surface area (TPSA) is 77.8 Å². The van der Waals surface area contributed by atoms with Gasteiger partial charge in [0.2, 0.25) is 0 Å². The maximum absolute atomic E-state index is 10.6. The number of aliphatic hydroxyl groups excluding tert-OH is 2. The number of unbranched alkanes of at least 4 members (excludes halogenated alkanes) is 1. The Morgan fingerprint density at radius 2 is 1.93 bits per heavy atom. The molecule has 160 valence electrons. The van der Waals surface area contributed by atoms with E-state index in [9.17, 15) is 15.0 Å². The predicted octanol–water partition coefficient (Wildman–Crippen LogP) is 5.10. The number of aliphatic carboxylic acids is 1. The molecular formula is C24H40O4. The zero-order chi connectivity index (χ0) is 20.5. The molecule has 0 radical (unpaired) electrons. The van der Waals surface area contributed by atoms with Crippen LogP contribution in [0, 0.1) is 23.7 Å². The Balaban J connectivity index is 1.86. The van der Waals surface area contributed by atoms with Crippen LogP contribution >= 0.6 is 0 Å². The molecule has 2 aliphatic carbocycles. The van der Waals surface area contributed by atoms with E-state index in [0.717, 1.165) is 44.9 Å². The van der Waals surface area contributed by atoms with Crippen LogP contribution in [0.5, 0.6) is 0 Å². The molecule has 2 aliphatic rings. The number of carbonyl (C=O) groups is 1. The molecule has 0 amide bonds. The summed E-state index contributed by atoms with van der Waals surface area (Å²) in [6, 6.07) is 0. The van der Waals surface area contributed by atoms with E-state index in [1.807, 2.05) is 6.08 Å². The smallest absolute Gasteiger partial charge is 0.303 e. The number of fused-ring (bicyclic) bond motifs is 1. The van der Waals surface area contributed by atoms with E-state index < -0.39 is 12.1 Å². The molecule has 0 unspecified atom stereocenters. The van der Waals surface area contributed by atoms with E-state index >= 15 is 0 Å². The molecule has 0 saturated heterocycles. The summed E-state index contributed by atoms with van der Waals surface area (Å²) >= 11 is 0. The van der Waals surface area contributed by atoms with Crippen LogP contribution in [0.25, 0.3) is 0 Å². The van der Waals surface area contributed by atoms with E-state index in [1.54, 1.807) is 0 Å². The first-order chi connectivity index (χ1) is 13.4. The van der Waals surface area contributed by atoms with Crippen molar-refractivity contribution in [2.45, 2.75) is 96.7 Å². The van der Waals surface area contributed by atoms with Gasteiger partial charge < -0.3 is 15.3 Å². The van der Waals surface area contributed by atoms with Gasteiger partial charge in [0.25, 0.3) is 0 Å². The molecule has 0 aromatic rings. The second-order valence-electron chi connectivity index (χ2n) is 8.99. The molecule has 3 N–H and O–H groups in total. The first-order valence-electron chi connectivity index (χ1n) is 11.4. The van der Waals surface area contributed by atoms with E-state index in [1.165, 1.54) is 18.4 Å². The molecule has 2 saturated carbocycles. The summed E-state index contributed by atoms with van der Waals surface area (Å²) in [7, 11) is 0. The minimum absolute atomic E-state index is 0.139. The summed E-state index contributed by atoms with van der Waals surface area (Å²) in [5.41, 5.74) is 1.43. The molecule has 0 aromatic heterocycles. The third-order valence-electron chi connectivity index (χ3n) is 6.66. The van der Waals surface area contributed by atoms with Crippen LogP contribution in [0.1, 0.15) is 84.5 Å². The Morgan fingerprint density at radius 3 is 2.57 bits per heavy atom. The zero-order valence-electron chi connectivity index (χ0n) is 17.7. The SMILES string of the molecule is CCCC(CCC)C[C@@H](O)/C=C/[C@@H]1[C@H]2C/C(=C/CCCC(=O)O)C[C@@H]2C[C@H]1O. The van der Waals surface area contributed by atoms with Gasteiger partial charge in [-0.2, -0.15) is 0 Å². The van der Waals surface area contributed by atoms with Gasteiger partial charge in [0.05, 0.1) is 12.2 Å². The lowest BCUT2D eigenvalue weighted by Crippen LogP contribution is -2.18. The van der Waals surface area contributed by atoms with Crippen LogP contribution in [0.2, 0.25) is 0 Å². The van der Waals surface area contributed by atoms with Gasteiger partial charge in [0, 0.05) is 12.3 Å². The van der Waals surface area contributed by atoms with Crippen molar-refractivity contribution in [3.8, 4) is 0 Å². The fraction of sp³-hybridized carbons (Fsp3) is 0.792. The van der Waals surface area contributed by atoms with Crippen LogP contribution in [0.3, 0.4) is 0 Å². The van der Waals surface area contributed by atoms with Gasteiger partial charge in [-0.15, -0.1) is 0 Å². The zero-order valence-corrected chi connectivity index (χ0v) is 17.7. The highest BCUT2D eigenvalue weighted by atomic mass is 16.4. The van der Waals surface area contributed by atoms with Gasteiger partial charge in [-0.3, -0.25) is 4.79 Å². The Bertz CT molecular complexity index is 533. The maximum Gasteiger partial charge on any atom is 0.303 e. The van der Waals surface area contributed by atoms with Crippen LogP contribution in [-0.4, -0.2) is 33.5 Å². The monoisotopic (exact) mass is 392 g/mol. The van der Waals surface area contributed by atoms with Crippen molar-refractivity contribution in [1.82, 2.24) is 0 Å².